The molecular formula is C18H16ClN3O3. The number of anilines is 1. The van der Waals surface area contributed by atoms with Crippen LogP contribution in [0.1, 0.15) is 22.3 Å². The number of fused-ring (bicyclic) bond motifs is 1. The molecule has 0 fully saturated rings. The number of carbonyl (C=O) groups is 2. The number of nitrogens with zero attached hydrogens (tertiary/aromatic N) is 1. The van der Waals surface area contributed by atoms with Crippen molar-refractivity contribution in [2.75, 3.05) is 11.9 Å². The van der Waals surface area contributed by atoms with Crippen LogP contribution in [0.4, 0.5) is 5.69 Å². The van der Waals surface area contributed by atoms with Gasteiger partial charge in [-0.1, -0.05) is 17.7 Å². The molecule has 0 spiro atoms. The highest BCUT2D eigenvalue weighted by molar-refractivity contribution is 6.28. The van der Waals surface area contributed by atoms with E-state index in [0.29, 0.717) is 16.7 Å². The van der Waals surface area contributed by atoms with Gasteiger partial charge in [0.2, 0.25) is 5.91 Å². The maximum absolute atomic E-state index is 12.1. The van der Waals surface area contributed by atoms with Crippen LogP contribution in [0, 0.1) is 6.92 Å². The first-order chi connectivity index (χ1) is 12.0. The van der Waals surface area contributed by atoms with E-state index in [0.717, 1.165) is 11.3 Å². The second-order valence-corrected chi connectivity index (χ2v) is 5.89. The minimum atomic E-state index is -0.288. The highest BCUT2D eigenvalue weighted by atomic mass is 35.5. The van der Waals surface area contributed by atoms with Crippen LogP contribution in [-0.4, -0.2) is 23.3 Å². The van der Waals surface area contributed by atoms with Crippen LogP contribution in [0.5, 0.6) is 0 Å². The molecule has 0 aliphatic carbocycles. The third-order valence-corrected chi connectivity index (χ3v) is 3.76. The summed E-state index contributed by atoms with van der Waals surface area (Å²) in [6.45, 7) is 2.21. The highest BCUT2D eigenvalue weighted by Gasteiger charge is 2.10. The molecule has 0 radical (unpaired) electrons. The van der Waals surface area contributed by atoms with Gasteiger partial charge in [-0.3, -0.25) is 9.59 Å². The fourth-order valence-corrected chi connectivity index (χ4v) is 2.47. The molecule has 128 valence electrons. The van der Waals surface area contributed by atoms with Gasteiger partial charge in [-0.2, -0.15) is 4.98 Å². The smallest absolute Gasteiger partial charge is 0.293 e. The fourth-order valence-electron chi connectivity index (χ4n) is 2.29. The summed E-state index contributed by atoms with van der Waals surface area (Å²) in [5.74, 6) is -0.452. The molecule has 0 saturated carbocycles. The summed E-state index contributed by atoms with van der Waals surface area (Å²) in [5, 5.41) is 5.52. The van der Waals surface area contributed by atoms with E-state index in [2.05, 4.69) is 15.6 Å². The number of halogens is 1. The molecule has 3 rings (SSSR count). The lowest BCUT2D eigenvalue weighted by atomic mass is 10.2. The lowest BCUT2D eigenvalue weighted by molar-refractivity contribution is -0.116. The van der Waals surface area contributed by atoms with E-state index >= 15 is 0 Å². The number of hydrogen-bond donors (Lipinski definition) is 2. The van der Waals surface area contributed by atoms with Crippen molar-refractivity contribution in [2.45, 2.75) is 13.3 Å². The first kappa shape index (κ1) is 17.0. The Bertz CT molecular complexity index is 919. The maximum Gasteiger partial charge on any atom is 0.293 e. The van der Waals surface area contributed by atoms with Gasteiger partial charge >= 0.3 is 0 Å². The van der Waals surface area contributed by atoms with E-state index in [1.165, 1.54) is 0 Å². The summed E-state index contributed by atoms with van der Waals surface area (Å²) in [5.41, 5.74) is 3.30. The molecule has 3 aromatic rings. The van der Waals surface area contributed by atoms with Crippen molar-refractivity contribution in [3.63, 3.8) is 0 Å². The van der Waals surface area contributed by atoms with E-state index in [1.54, 1.807) is 18.2 Å². The number of carbonyl (C=O) groups excluding carboxylic acids is 2. The molecule has 0 aliphatic heterocycles. The number of amides is 2. The Balaban J connectivity index is 1.51. The van der Waals surface area contributed by atoms with Gasteiger partial charge < -0.3 is 15.1 Å². The number of aromatic nitrogens is 1. The SMILES string of the molecule is Cc1ccc(NC(=O)CCNC(=O)c2ccc3oc(Cl)nc3c2)cc1. The normalized spacial score (nSPS) is 10.6. The van der Waals surface area contributed by atoms with Crippen molar-refractivity contribution in [2.24, 2.45) is 0 Å². The predicted octanol–water partition coefficient (Wildman–Crippen LogP) is 3.55. The first-order valence-corrected chi connectivity index (χ1v) is 8.10. The summed E-state index contributed by atoms with van der Waals surface area (Å²) in [6, 6.07) is 12.4. The second-order valence-electron chi connectivity index (χ2n) is 5.57. The zero-order chi connectivity index (χ0) is 17.8. The van der Waals surface area contributed by atoms with Gasteiger partial charge in [0.25, 0.3) is 11.3 Å². The van der Waals surface area contributed by atoms with Crippen LogP contribution in [0.25, 0.3) is 11.1 Å². The number of oxazole rings is 1. The van der Waals surface area contributed by atoms with Crippen molar-refractivity contribution in [3.8, 4) is 0 Å². The van der Waals surface area contributed by atoms with Crippen LogP contribution < -0.4 is 10.6 Å². The van der Waals surface area contributed by atoms with Crippen LogP contribution in [0.15, 0.2) is 46.9 Å². The van der Waals surface area contributed by atoms with Gasteiger partial charge in [0.1, 0.15) is 5.52 Å². The van der Waals surface area contributed by atoms with E-state index in [1.807, 2.05) is 31.2 Å². The number of aryl methyl sites for hydroxylation is 1. The second kappa shape index (κ2) is 7.36. The summed E-state index contributed by atoms with van der Waals surface area (Å²) in [4.78, 5) is 28.0. The van der Waals surface area contributed by atoms with E-state index in [9.17, 15) is 9.59 Å². The average molecular weight is 358 g/mol. The standard InChI is InChI=1S/C18H16ClN3O3/c1-11-2-5-13(6-3-11)21-16(23)8-9-20-17(24)12-4-7-15-14(10-12)22-18(19)25-15/h2-7,10H,8-9H2,1H3,(H,20,24)(H,21,23). The Hall–Kier alpha value is -2.86. The Morgan fingerprint density at radius 2 is 1.92 bits per heavy atom. The minimum Gasteiger partial charge on any atom is -0.428 e. The number of nitrogens with one attached hydrogen (secondary N) is 2. The molecule has 0 unspecified atom stereocenters. The van der Waals surface area contributed by atoms with Gasteiger partial charge in [0.05, 0.1) is 0 Å². The van der Waals surface area contributed by atoms with Gasteiger partial charge in [-0.05, 0) is 48.9 Å². The molecule has 1 aromatic heterocycles. The van der Waals surface area contributed by atoms with Crippen molar-refractivity contribution in [3.05, 3.63) is 58.9 Å². The average Bonchev–Trinajstić information content (AvgIpc) is 2.96. The van der Waals surface area contributed by atoms with Gasteiger partial charge in [-0.25, -0.2) is 0 Å². The molecule has 7 heteroatoms. The molecule has 2 N–H and O–H groups in total. The topological polar surface area (TPSA) is 84.2 Å². The Morgan fingerprint density at radius 1 is 1.16 bits per heavy atom. The van der Waals surface area contributed by atoms with Crippen LogP contribution >= 0.6 is 11.6 Å². The van der Waals surface area contributed by atoms with E-state index in [-0.39, 0.29) is 30.1 Å². The summed E-state index contributed by atoms with van der Waals surface area (Å²) in [7, 11) is 0. The van der Waals surface area contributed by atoms with Crippen LogP contribution in [0.3, 0.4) is 0 Å². The minimum absolute atomic E-state index is 0.0281. The van der Waals surface area contributed by atoms with Crippen LogP contribution in [-0.2, 0) is 4.79 Å². The monoisotopic (exact) mass is 357 g/mol. The zero-order valence-corrected chi connectivity index (χ0v) is 14.3. The molecule has 2 aromatic carbocycles. The molecule has 6 nitrogen and oxygen atoms in total. The van der Waals surface area contributed by atoms with Crippen molar-refractivity contribution in [1.82, 2.24) is 10.3 Å². The molecular weight excluding hydrogens is 342 g/mol. The molecule has 1 heterocycles. The fraction of sp³-hybridized carbons (Fsp3) is 0.167. The Morgan fingerprint density at radius 3 is 2.68 bits per heavy atom. The lowest BCUT2D eigenvalue weighted by Crippen LogP contribution is -2.27. The molecule has 0 aliphatic rings. The van der Waals surface area contributed by atoms with Crippen molar-refractivity contribution >= 4 is 40.2 Å². The third-order valence-electron chi connectivity index (χ3n) is 3.60. The van der Waals surface area contributed by atoms with Gasteiger partial charge in [0.15, 0.2) is 5.58 Å². The maximum atomic E-state index is 12.1. The molecule has 0 saturated heterocycles. The summed E-state index contributed by atoms with van der Waals surface area (Å²) < 4.78 is 5.15. The molecule has 0 atom stereocenters. The predicted molar refractivity (Wildman–Crippen MR) is 95.8 cm³/mol. The third kappa shape index (κ3) is 4.36. The lowest BCUT2D eigenvalue weighted by Gasteiger charge is -2.07. The van der Waals surface area contributed by atoms with E-state index in [4.69, 9.17) is 16.0 Å². The number of rotatable bonds is 5. The molecule has 0 bridgehead atoms. The quantitative estimate of drug-likeness (QED) is 0.731. The number of benzene rings is 2. The number of hydrogen-bond acceptors (Lipinski definition) is 4. The molecule has 25 heavy (non-hydrogen) atoms. The van der Waals surface area contributed by atoms with E-state index < -0.39 is 0 Å². The van der Waals surface area contributed by atoms with Crippen molar-refractivity contribution < 1.29 is 14.0 Å². The van der Waals surface area contributed by atoms with Gasteiger partial charge in [-0.15, -0.1) is 0 Å². The largest absolute Gasteiger partial charge is 0.428 e. The van der Waals surface area contributed by atoms with Crippen LogP contribution in [0.2, 0.25) is 5.35 Å². The summed E-state index contributed by atoms with van der Waals surface area (Å²) in [6.07, 6.45) is 0.178. The zero-order valence-electron chi connectivity index (χ0n) is 13.5. The Kier molecular flexibility index (Phi) is 5.00. The first-order valence-electron chi connectivity index (χ1n) is 7.72. The summed E-state index contributed by atoms with van der Waals surface area (Å²) >= 11 is 5.69. The highest BCUT2D eigenvalue weighted by Crippen LogP contribution is 2.19. The molecule has 2 amide bonds. The van der Waals surface area contributed by atoms with Gasteiger partial charge in [0, 0.05) is 24.2 Å². The Labute approximate surface area is 149 Å². The van der Waals surface area contributed by atoms with Crippen molar-refractivity contribution in [1.29, 1.82) is 0 Å².